The molecule has 4 heterocycles. The summed E-state index contributed by atoms with van der Waals surface area (Å²) in [6.45, 7) is 2.07. The molecular formula is C24H28F6N8O4. The van der Waals surface area contributed by atoms with Crippen molar-refractivity contribution in [1.82, 2.24) is 35.1 Å². The number of alkyl halides is 6. The zero-order chi connectivity index (χ0) is 31.3. The first-order chi connectivity index (χ1) is 19.4. The molecule has 230 valence electrons. The number of urea groups is 1. The third-order valence-electron chi connectivity index (χ3n) is 7.46. The van der Waals surface area contributed by atoms with E-state index in [1.165, 1.54) is 30.1 Å². The Kier molecular flexibility index (Phi) is 7.90. The van der Waals surface area contributed by atoms with Gasteiger partial charge in [-0.25, -0.2) is 18.9 Å². The van der Waals surface area contributed by atoms with Crippen LogP contribution in [-0.2, 0) is 4.74 Å². The van der Waals surface area contributed by atoms with Gasteiger partial charge in [0, 0.05) is 12.7 Å². The predicted octanol–water partition coefficient (Wildman–Crippen LogP) is 3.75. The number of aromatic nitrogens is 5. The largest absolute Gasteiger partial charge is 0.413 e. The van der Waals surface area contributed by atoms with Crippen molar-refractivity contribution in [2.45, 2.75) is 63.5 Å². The van der Waals surface area contributed by atoms with Crippen LogP contribution in [0.3, 0.4) is 0 Å². The van der Waals surface area contributed by atoms with Gasteiger partial charge < -0.3 is 20.7 Å². The molecule has 1 fully saturated rings. The number of nitrogens with zero attached hydrogens (tertiary/aromatic N) is 6. The second-order valence-electron chi connectivity index (χ2n) is 11.0. The highest BCUT2D eigenvalue weighted by molar-refractivity contribution is 5.91. The predicted molar refractivity (Wildman–Crippen MR) is 131 cm³/mol. The van der Waals surface area contributed by atoms with E-state index >= 15 is 0 Å². The summed E-state index contributed by atoms with van der Waals surface area (Å²) in [6.07, 6.45) is -7.11. The number of hydrogen-bond donors (Lipinski definition) is 2. The Morgan fingerprint density at radius 2 is 1.93 bits per heavy atom. The number of amides is 3. The first-order valence-electron chi connectivity index (χ1n) is 12.6. The van der Waals surface area contributed by atoms with Crippen LogP contribution in [-0.4, -0.2) is 79.9 Å². The van der Waals surface area contributed by atoms with Crippen LogP contribution in [0.4, 0.5) is 31.1 Å². The molecule has 4 rings (SSSR count). The number of carbonyl (C=O) groups excluding carboxylic acids is 2. The van der Waals surface area contributed by atoms with Gasteiger partial charge in [-0.1, -0.05) is 19.0 Å². The van der Waals surface area contributed by atoms with Gasteiger partial charge in [-0.15, -0.1) is 0 Å². The molecule has 3 aromatic heterocycles. The standard InChI is InChI=1S/C24H28F6N8O4/c1-21(2,23(25,26)27)6-5-13(17-18(19(31)39)36-42-35-17)14-9-38-16(33-14)7-12(8-32-38)15(10-41-4)37-11-22(3,24(28,29)30)34-20(37)40/h7-9,13,15H,5-6,10-11H2,1-4H3,(H2,31,39)(H,34,40)/t13-,15+,22-/m0/s1. The van der Waals surface area contributed by atoms with Crippen LogP contribution in [0.2, 0.25) is 0 Å². The third-order valence-corrected chi connectivity index (χ3v) is 7.46. The maximum Gasteiger partial charge on any atom is 0.413 e. The molecule has 3 amide bonds. The number of halogens is 6. The van der Waals surface area contributed by atoms with Crippen molar-refractivity contribution in [2.75, 3.05) is 20.3 Å². The topological polar surface area (TPSA) is 154 Å². The van der Waals surface area contributed by atoms with Gasteiger partial charge in [-0.3, -0.25) is 4.79 Å². The molecule has 3 aromatic rings. The molecule has 0 bridgehead atoms. The summed E-state index contributed by atoms with van der Waals surface area (Å²) in [6, 6.07) is -0.476. The van der Waals surface area contributed by atoms with E-state index in [-0.39, 0.29) is 35.8 Å². The minimum atomic E-state index is -4.72. The smallest absolute Gasteiger partial charge is 0.382 e. The van der Waals surface area contributed by atoms with Crippen LogP contribution in [0.5, 0.6) is 0 Å². The van der Waals surface area contributed by atoms with Gasteiger partial charge in [0.15, 0.2) is 16.9 Å². The molecule has 0 unspecified atom stereocenters. The van der Waals surface area contributed by atoms with Gasteiger partial charge in [-0.2, -0.15) is 31.4 Å². The Balaban J connectivity index is 1.72. The Hall–Kier alpha value is -3.96. The second kappa shape index (κ2) is 10.7. The average Bonchev–Trinajstić information content (AvgIpc) is 3.59. The molecule has 0 aliphatic carbocycles. The maximum atomic E-state index is 13.6. The van der Waals surface area contributed by atoms with Crippen LogP contribution >= 0.6 is 0 Å². The molecule has 0 radical (unpaired) electrons. The number of ether oxygens (including phenoxy) is 1. The van der Waals surface area contributed by atoms with E-state index in [2.05, 4.69) is 25.0 Å². The fraction of sp³-hybridized carbons (Fsp3) is 0.583. The Morgan fingerprint density at radius 3 is 2.50 bits per heavy atom. The van der Waals surface area contributed by atoms with Crippen molar-refractivity contribution in [3.8, 4) is 0 Å². The van der Waals surface area contributed by atoms with Crippen molar-refractivity contribution >= 4 is 17.6 Å². The van der Waals surface area contributed by atoms with Gasteiger partial charge in [-0.05, 0) is 31.0 Å². The van der Waals surface area contributed by atoms with E-state index in [4.69, 9.17) is 10.5 Å². The lowest BCUT2D eigenvalue weighted by molar-refractivity contribution is -0.214. The number of imidazole rings is 1. The number of hydrogen-bond acceptors (Lipinski definition) is 8. The number of fused-ring (bicyclic) bond motifs is 1. The molecule has 0 saturated carbocycles. The third kappa shape index (κ3) is 5.71. The summed E-state index contributed by atoms with van der Waals surface area (Å²) in [5.74, 6) is -2.02. The second-order valence-corrected chi connectivity index (χ2v) is 11.0. The van der Waals surface area contributed by atoms with Crippen molar-refractivity contribution in [3.05, 3.63) is 41.1 Å². The lowest BCUT2D eigenvalue weighted by Gasteiger charge is -2.29. The van der Waals surface area contributed by atoms with Crippen LogP contribution in [0.1, 0.15) is 73.0 Å². The minimum Gasteiger partial charge on any atom is -0.382 e. The summed E-state index contributed by atoms with van der Waals surface area (Å²) in [5, 5.41) is 13.4. The van der Waals surface area contributed by atoms with Crippen LogP contribution in [0.25, 0.3) is 5.65 Å². The molecule has 0 spiro atoms. The van der Waals surface area contributed by atoms with E-state index in [1.807, 2.05) is 5.32 Å². The van der Waals surface area contributed by atoms with Gasteiger partial charge in [0.05, 0.1) is 48.6 Å². The summed E-state index contributed by atoms with van der Waals surface area (Å²) >= 11 is 0. The van der Waals surface area contributed by atoms with E-state index in [0.29, 0.717) is 5.56 Å². The van der Waals surface area contributed by atoms with Crippen molar-refractivity contribution < 1.29 is 45.3 Å². The van der Waals surface area contributed by atoms with Crippen LogP contribution < -0.4 is 11.1 Å². The average molecular weight is 607 g/mol. The van der Waals surface area contributed by atoms with Crippen LogP contribution in [0, 0.1) is 5.41 Å². The summed E-state index contributed by atoms with van der Waals surface area (Å²) in [4.78, 5) is 30.0. The van der Waals surface area contributed by atoms with Gasteiger partial charge >= 0.3 is 18.4 Å². The zero-order valence-corrected chi connectivity index (χ0v) is 22.9. The number of nitrogens with two attached hydrogens (primary N) is 1. The Bertz CT molecular complexity index is 1470. The van der Waals surface area contributed by atoms with E-state index in [0.717, 1.165) is 25.7 Å². The summed E-state index contributed by atoms with van der Waals surface area (Å²) in [5.41, 5.74) is 0.883. The number of nitrogens with one attached hydrogen (secondary N) is 1. The molecule has 3 N–H and O–H groups in total. The highest BCUT2D eigenvalue weighted by Crippen LogP contribution is 2.44. The molecular weight excluding hydrogens is 578 g/mol. The van der Waals surface area contributed by atoms with Crippen molar-refractivity contribution in [2.24, 2.45) is 11.1 Å². The minimum absolute atomic E-state index is 0.110. The fourth-order valence-electron chi connectivity index (χ4n) is 4.62. The first-order valence-corrected chi connectivity index (χ1v) is 12.6. The SMILES string of the molecule is COC[C@H](c1cnn2cc([C@H](CCC(C)(C)C(F)(F)F)c3nonc3C(N)=O)nc2c1)N1C[C@@](C)(C(F)(F)F)NC1=O. The Labute approximate surface area is 234 Å². The molecule has 1 saturated heterocycles. The highest BCUT2D eigenvalue weighted by atomic mass is 19.4. The molecule has 42 heavy (non-hydrogen) atoms. The summed E-state index contributed by atoms with van der Waals surface area (Å²) < 4.78 is 92.8. The lowest BCUT2D eigenvalue weighted by atomic mass is 9.82. The van der Waals surface area contributed by atoms with Gasteiger partial charge in [0.25, 0.3) is 5.91 Å². The normalized spacial score (nSPS) is 19.8. The van der Waals surface area contributed by atoms with E-state index in [1.54, 1.807) is 0 Å². The molecule has 18 heteroatoms. The fourth-order valence-corrected chi connectivity index (χ4v) is 4.62. The van der Waals surface area contributed by atoms with Crippen molar-refractivity contribution in [1.29, 1.82) is 0 Å². The highest BCUT2D eigenvalue weighted by Gasteiger charge is 2.58. The monoisotopic (exact) mass is 606 g/mol. The van der Waals surface area contributed by atoms with Gasteiger partial charge in [0.1, 0.15) is 5.69 Å². The lowest BCUT2D eigenvalue weighted by Crippen LogP contribution is -2.53. The summed E-state index contributed by atoms with van der Waals surface area (Å²) in [7, 11) is 1.32. The molecule has 1 aliphatic heterocycles. The number of methoxy groups -OCH3 is 1. The molecule has 1 aliphatic rings. The van der Waals surface area contributed by atoms with E-state index < -0.39 is 60.2 Å². The maximum absolute atomic E-state index is 13.6. The number of rotatable bonds is 10. The molecule has 12 nitrogen and oxygen atoms in total. The number of carbonyl (C=O) groups is 2. The Morgan fingerprint density at radius 1 is 1.24 bits per heavy atom. The van der Waals surface area contributed by atoms with Crippen molar-refractivity contribution in [3.63, 3.8) is 0 Å². The quantitative estimate of drug-likeness (QED) is 0.331. The van der Waals surface area contributed by atoms with Gasteiger partial charge in [0.2, 0.25) is 0 Å². The van der Waals surface area contributed by atoms with Crippen LogP contribution in [0.15, 0.2) is 23.1 Å². The van der Waals surface area contributed by atoms with E-state index in [9.17, 15) is 35.9 Å². The zero-order valence-electron chi connectivity index (χ0n) is 22.9. The first kappa shape index (κ1) is 31.0. The number of primary amides is 1. The molecule has 3 atom stereocenters. The molecule has 0 aromatic carbocycles.